The number of unbranched alkanes of at least 4 members (excludes halogenated alkanes) is 6. The molecular weight excluding hydrogens is 316 g/mol. The average Bonchev–Trinajstić information content (AvgIpc) is 2.57. The van der Waals surface area contributed by atoms with Crippen molar-refractivity contribution < 1.29 is 19.1 Å². The second-order valence-electron chi connectivity index (χ2n) is 7.15. The summed E-state index contributed by atoms with van der Waals surface area (Å²) in [5.74, 6) is -0.151. The average molecular weight is 357 g/mol. The molecule has 0 aliphatic heterocycles. The molecule has 25 heavy (non-hydrogen) atoms. The summed E-state index contributed by atoms with van der Waals surface area (Å²) in [5.41, 5.74) is 0. The molecule has 0 saturated heterocycles. The molecule has 2 atom stereocenters. The summed E-state index contributed by atoms with van der Waals surface area (Å²) in [4.78, 5) is 23.4. The van der Waals surface area contributed by atoms with E-state index in [9.17, 15) is 9.59 Å². The molecule has 4 heteroatoms. The normalized spacial score (nSPS) is 13.3. The predicted molar refractivity (Wildman–Crippen MR) is 102 cm³/mol. The predicted octanol–water partition coefficient (Wildman–Crippen LogP) is 5.96. The minimum absolute atomic E-state index is 0.0400. The Balaban J connectivity index is 3.48. The Labute approximate surface area is 155 Å². The third kappa shape index (κ3) is 16.2. The quantitative estimate of drug-likeness (QED) is 0.253. The van der Waals surface area contributed by atoms with E-state index in [1.54, 1.807) is 0 Å². The van der Waals surface area contributed by atoms with E-state index in [2.05, 4.69) is 13.8 Å². The third-order valence-corrected chi connectivity index (χ3v) is 4.36. The van der Waals surface area contributed by atoms with Gasteiger partial charge in [0, 0.05) is 12.8 Å². The van der Waals surface area contributed by atoms with Crippen LogP contribution in [-0.2, 0) is 19.1 Å². The number of ether oxygens (including phenoxy) is 2. The summed E-state index contributed by atoms with van der Waals surface area (Å²) >= 11 is 0. The van der Waals surface area contributed by atoms with Crippen LogP contribution < -0.4 is 0 Å². The summed E-state index contributed by atoms with van der Waals surface area (Å²) in [6.07, 6.45) is 12.3. The lowest BCUT2D eigenvalue weighted by Gasteiger charge is -2.13. The lowest BCUT2D eigenvalue weighted by molar-refractivity contribution is -0.149. The second kappa shape index (κ2) is 16.4. The van der Waals surface area contributed by atoms with E-state index in [0.717, 1.165) is 70.6 Å². The van der Waals surface area contributed by atoms with Crippen molar-refractivity contribution in [1.29, 1.82) is 0 Å². The highest BCUT2D eigenvalue weighted by molar-refractivity contribution is 5.69. The van der Waals surface area contributed by atoms with E-state index >= 15 is 0 Å². The van der Waals surface area contributed by atoms with E-state index in [4.69, 9.17) is 9.47 Å². The highest BCUT2D eigenvalue weighted by atomic mass is 16.5. The SMILES string of the molecule is CCCCC(C)OC(=O)CCCCCCCC(=O)OC(C)CCCC. The van der Waals surface area contributed by atoms with Crippen molar-refractivity contribution in [3.8, 4) is 0 Å². The van der Waals surface area contributed by atoms with Gasteiger partial charge in [0.2, 0.25) is 0 Å². The molecule has 0 spiro atoms. The fourth-order valence-corrected chi connectivity index (χ4v) is 2.74. The van der Waals surface area contributed by atoms with E-state index < -0.39 is 0 Å². The summed E-state index contributed by atoms with van der Waals surface area (Å²) in [6, 6.07) is 0. The monoisotopic (exact) mass is 356 g/mol. The summed E-state index contributed by atoms with van der Waals surface area (Å²) in [5, 5.41) is 0. The topological polar surface area (TPSA) is 52.6 Å². The first-order chi connectivity index (χ1) is 12.0. The molecule has 4 nitrogen and oxygen atoms in total. The summed E-state index contributed by atoms with van der Waals surface area (Å²) in [7, 11) is 0. The number of carbonyl (C=O) groups is 2. The van der Waals surface area contributed by atoms with E-state index in [1.165, 1.54) is 0 Å². The van der Waals surface area contributed by atoms with Crippen molar-refractivity contribution in [2.24, 2.45) is 0 Å². The largest absolute Gasteiger partial charge is 0.463 e. The van der Waals surface area contributed by atoms with Crippen LogP contribution >= 0.6 is 0 Å². The fourth-order valence-electron chi connectivity index (χ4n) is 2.74. The van der Waals surface area contributed by atoms with Crippen molar-refractivity contribution in [2.75, 3.05) is 0 Å². The van der Waals surface area contributed by atoms with Crippen molar-refractivity contribution in [1.82, 2.24) is 0 Å². The standard InChI is InChI=1S/C21H40O4/c1-5-7-14-18(3)24-20(22)16-12-10-9-11-13-17-21(23)25-19(4)15-8-6-2/h18-19H,5-17H2,1-4H3. The Bertz CT molecular complexity index is 309. The lowest BCUT2D eigenvalue weighted by atomic mass is 10.1. The molecule has 0 radical (unpaired) electrons. The maximum Gasteiger partial charge on any atom is 0.306 e. The molecule has 0 aromatic rings. The van der Waals surface area contributed by atoms with Gasteiger partial charge in [-0.05, 0) is 39.5 Å². The Morgan fingerprint density at radius 1 is 0.640 bits per heavy atom. The van der Waals surface area contributed by atoms with Crippen molar-refractivity contribution in [2.45, 2.75) is 123 Å². The van der Waals surface area contributed by atoms with Gasteiger partial charge in [-0.15, -0.1) is 0 Å². The molecule has 0 bridgehead atoms. The molecule has 0 saturated carbocycles. The Kier molecular flexibility index (Phi) is 15.7. The molecule has 0 amide bonds. The van der Waals surface area contributed by atoms with Crippen LogP contribution in [0.5, 0.6) is 0 Å². The summed E-state index contributed by atoms with van der Waals surface area (Å²) in [6.45, 7) is 8.22. The van der Waals surface area contributed by atoms with E-state index in [0.29, 0.717) is 12.8 Å². The first-order valence-corrected chi connectivity index (χ1v) is 10.4. The first-order valence-electron chi connectivity index (χ1n) is 10.4. The van der Waals surface area contributed by atoms with Crippen molar-refractivity contribution in [3.05, 3.63) is 0 Å². The highest BCUT2D eigenvalue weighted by Gasteiger charge is 2.10. The van der Waals surface area contributed by atoms with Gasteiger partial charge in [0.25, 0.3) is 0 Å². The van der Waals surface area contributed by atoms with Crippen LogP contribution in [-0.4, -0.2) is 24.1 Å². The molecular formula is C21H40O4. The molecule has 0 N–H and O–H groups in total. The van der Waals surface area contributed by atoms with Crippen LogP contribution in [0.4, 0.5) is 0 Å². The van der Waals surface area contributed by atoms with Crippen LogP contribution in [0.25, 0.3) is 0 Å². The third-order valence-electron chi connectivity index (χ3n) is 4.36. The van der Waals surface area contributed by atoms with Gasteiger partial charge in [-0.25, -0.2) is 0 Å². The smallest absolute Gasteiger partial charge is 0.306 e. The van der Waals surface area contributed by atoms with Crippen molar-refractivity contribution in [3.63, 3.8) is 0 Å². The molecule has 0 aliphatic rings. The van der Waals surface area contributed by atoms with Gasteiger partial charge in [0.05, 0.1) is 12.2 Å². The molecule has 2 unspecified atom stereocenters. The van der Waals surface area contributed by atoms with Gasteiger partial charge < -0.3 is 9.47 Å². The number of rotatable bonds is 16. The lowest BCUT2D eigenvalue weighted by Crippen LogP contribution is -2.14. The Hall–Kier alpha value is -1.06. The molecule has 0 aromatic carbocycles. The molecule has 0 aromatic heterocycles. The number of esters is 2. The van der Waals surface area contributed by atoms with Crippen LogP contribution in [0, 0.1) is 0 Å². The van der Waals surface area contributed by atoms with Crippen LogP contribution in [0.1, 0.15) is 111 Å². The van der Waals surface area contributed by atoms with Crippen LogP contribution in [0.3, 0.4) is 0 Å². The maximum atomic E-state index is 11.7. The van der Waals surface area contributed by atoms with E-state index in [-0.39, 0.29) is 24.1 Å². The minimum Gasteiger partial charge on any atom is -0.463 e. The molecule has 148 valence electrons. The minimum atomic E-state index is -0.0757. The number of hydrogen-bond donors (Lipinski definition) is 0. The maximum absolute atomic E-state index is 11.7. The van der Waals surface area contributed by atoms with Gasteiger partial charge in [-0.2, -0.15) is 0 Å². The Morgan fingerprint density at radius 2 is 1.00 bits per heavy atom. The highest BCUT2D eigenvalue weighted by Crippen LogP contribution is 2.11. The van der Waals surface area contributed by atoms with Crippen molar-refractivity contribution >= 4 is 11.9 Å². The zero-order valence-electron chi connectivity index (χ0n) is 17.0. The van der Waals surface area contributed by atoms with Gasteiger partial charge in [-0.1, -0.05) is 58.8 Å². The molecule has 0 aliphatic carbocycles. The molecule has 0 fully saturated rings. The summed E-state index contributed by atoms with van der Waals surface area (Å²) < 4.78 is 10.8. The molecule has 0 rings (SSSR count). The van der Waals surface area contributed by atoms with E-state index in [1.807, 2.05) is 13.8 Å². The zero-order chi connectivity index (χ0) is 18.9. The second-order valence-corrected chi connectivity index (χ2v) is 7.15. The van der Waals surface area contributed by atoms with Crippen LogP contribution in [0.15, 0.2) is 0 Å². The fraction of sp³-hybridized carbons (Fsp3) is 0.905. The zero-order valence-corrected chi connectivity index (χ0v) is 17.0. The van der Waals surface area contributed by atoms with Crippen LogP contribution in [0.2, 0.25) is 0 Å². The number of hydrogen-bond acceptors (Lipinski definition) is 4. The van der Waals surface area contributed by atoms with Gasteiger partial charge in [-0.3, -0.25) is 9.59 Å². The van der Waals surface area contributed by atoms with Gasteiger partial charge >= 0.3 is 11.9 Å². The van der Waals surface area contributed by atoms with Gasteiger partial charge in [0.15, 0.2) is 0 Å². The van der Waals surface area contributed by atoms with Gasteiger partial charge in [0.1, 0.15) is 0 Å². The Morgan fingerprint density at radius 3 is 1.36 bits per heavy atom. The first kappa shape index (κ1) is 23.9. The molecule has 0 heterocycles. The number of carbonyl (C=O) groups excluding carboxylic acids is 2.